The van der Waals surface area contributed by atoms with E-state index in [4.69, 9.17) is 27.2 Å². The summed E-state index contributed by atoms with van der Waals surface area (Å²) in [4.78, 5) is 21.9. The lowest BCUT2D eigenvalue weighted by molar-refractivity contribution is 0.475. The van der Waals surface area contributed by atoms with Gasteiger partial charge in [0.25, 0.3) is 0 Å². The van der Waals surface area contributed by atoms with Crippen LogP contribution in [0.25, 0.3) is 22.1 Å². The molecule has 0 saturated carbocycles. The molecule has 0 bridgehead atoms. The van der Waals surface area contributed by atoms with Gasteiger partial charge in [-0.15, -0.1) is 0 Å². The maximum absolute atomic E-state index is 14.2. The molecule has 38 heavy (non-hydrogen) atoms. The van der Waals surface area contributed by atoms with E-state index >= 15 is 0 Å². The van der Waals surface area contributed by atoms with Crippen LogP contribution in [-0.2, 0) is 0 Å². The molecule has 190 valence electrons. The monoisotopic (exact) mass is 529 g/mol. The van der Waals surface area contributed by atoms with E-state index in [-0.39, 0.29) is 50.4 Å². The third-order valence-corrected chi connectivity index (χ3v) is 6.20. The molecule has 2 aromatic heterocycles. The number of phenols is 1. The Morgan fingerprint density at radius 2 is 1.92 bits per heavy atom. The van der Waals surface area contributed by atoms with Crippen LogP contribution in [0.1, 0.15) is 29.9 Å². The zero-order valence-electron chi connectivity index (χ0n) is 20.0. The van der Waals surface area contributed by atoms with Crippen molar-refractivity contribution in [3.63, 3.8) is 0 Å². The molecular formula is C28H21ClFN5O3. The largest absolute Gasteiger partial charge is 0.508 e. The Balaban J connectivity index is 1.63. The maximum atomic E-state index is 14.2. The van der Waals surface area contributed by atoms with Crippen LogP contribution in [0.2, 0.25) is 5.02 Å². The van der Waals surface area contributed by atoms with E-state index < -0.39 is 11.9 Å². The average molecular weight is 530 g/mol. The summed E-state index contributed by atoms with van der Waals surface area (Å²) in [5.41, 5.74) is 7.13. The standard InChI is InChI=1S/C28H21ClFN5O3/c1-14(35-28-23(27(32)33-13-34-28)24(31)16-9-17(29)12-19(36)11-16)26-22(15-5-4-6-18(30)10-15)25(37)20-7-2-3-8-21(20)38-26/h2-14,31,36H,1H3,(H3,32,33,34,35). The average Bonchev–Trinajstić information content (AvgIpc) is 2.88. The van der Waals surface area contributed by atoms with Gasteiger partial charge in [-0.3, -0.25) is 10.2 Å². The zero-order valence-corrected chi connectivity index (χ0v) is 20.8. The third-order valence-electron chi connectivity index (χ3n) is 5.98. The van der Waals surface area contributed by atoms with Crippen LogP contribution in [0.3, 0.4) is 0 Å². The van der Waals surface area contributed by atoms with Crippen LogP contribution in [0.5, 0.6) is 5.75 Å². The highest BCUT2D eigenvalue weighted by atomic mass is 35.5. The molecule has 0 radical (unpaired) electrons. The van der Waals surface area contributed by atoms with Crippen molar-refractivity contribution in [1.82, 2.24) is 9.97 Å². The Morgan fingerprint density at radius 3 is 2.68 bits per heavy atom. The van der Waals surface area contributed by atoms with Gasteiger partial charge in [-0.2, -0.15) is 0 Å². The fourth-order valence-electron chi connectivity index (χ4n) is 4.27. The Kier molecular flexibility index (Phi) is 6.52. The van der Waals surface area contributed by atoms with Crippen molar-refractivity contribution in [3.8, 4) is 16.9 Å². The molecule has 0 aliphatic heterocycles. The molecule has 10 heteroatoms. The van der Waals surface area contributed by atoms with Crippen molar-refractivity contribution >= 4 is 39.9 Å². The molecule has 0 saturated heterocycles. The van der Waals surface area contributed by atoms with E-state index in [1.807, 2.05) is 0 Å². The van der Waals surface area contributed by atoms with Gasteiger partial charge in [-0.05, 0) is 55.0 Å². The van der Waals surface area contributed by atoms with Crippen molar-refractivity contribution in [2.75, 3.05) is 11.1 Å². The molecular weight excluding hydrogens is 509 g/mol. The van der Waals surface area contributed by atoms with Gasteiger partial charge in [0, 0.05) is 10.6 Å². The summed E-state index contributed by atoms with van der Waals surface area (Å²) in [6.45, 7) is 1.74. The SMILES string of the molecule is CC(Nc1ncnc(N)c1C(=N)c1cc(O)cc(Cl)c1)c1oc2ccccc2c(=O)c1-c1cccc(F)c1. The quantitative estimate of drug-likeness (QED) is 0.200. The van der Waals surface area contributed by atoms with E-state index in [1.165, 1.54) is 42.7 Å². The van der Waals surface area contributed by atoms with Crippen LogP contribution < -0.4 is 16.5 Å². The minimum Gasteiger partial charge on any atom is -0.508 e. The van der Waals surface area contributed by atoms with Crippen molar-refractivity contribution in [1.29, 1.82) is 5.41 Å². The fourth-order valence-corrected chi connectivity index (χ4v) is 4.50. The van der Waals surface area contributed by atoms with Crippen LogP contribution in [0.15, 0.2) is 82.3 Å². The summed E-state index contributed by atoms with van der Waals surface area (Å²) in [7, 11) is 0. The normalized spacial score (nSPS) is 11.9. The van der Waals surface area contributed by atoms with Crippen LogP contribution in [0.4, 0.5) is 16.0 Å². The smallest absolute Gasteiger partial charge is 0.200 e. The lowest BCUT2D eigenvalue weighted by Crippen LogP contribution is -2.18. The van der Waals surface area contributed by atoms with Crippen molar-refractivity contribution < 1.29 is 13.9 Å². The molecule has 3 aromatic carbocycles. The number of para-hydroxylation sites is 1. The number of benzene rings is 3. The first-order valence-corrected chi connectivity index (χ1v) is 11.9. The van der Waals surface area contributed by atoms with Crippen molar-refractivity contribution in [2.45, 2.75) is 13.0 Å². The number of anilines is 2. The number of hydrogen-bond donors (Lipinski definition) is 4. The van der Waals surface area contributed by atoms with Gasteiger partial charge in [0.2, 0.25) is 5.43 Å². The molecule has 5 N–H and O–H groups in total. The summed E-state index contributed by atoms with van der Waals surface area (Å²) < 4.78 is 20.3. The number of nitrogens with zero attached hydrogens (tertiary/aromatic N) is 2. The maximum Gasteiger partial charge on any atom is 0.200 e. The first-order valence-electron chi connectivity index (χ1n) is 11.5. The minimum absolute atomic E-state index is 0.0180. The van der Waals surface area contributed by atoms with E-state index in [0.29, 0.717) is 22.1 Å². The highest BCUT2D eigenvalue weighted by Gasteiger charge is 2.24. The second-order valence-corrected chi connectivity index (χ2v) is 9.04. The number of nitrogens with one attached hydrogen (secondary N) is 2. The predicted octanol–water partition coefficient (Wildman–Crippen LogP) is 5.92. The van der Waals surface area contributed by atoms with Crippen LogP contribution >= 0.6 is 11.6 Å². The number of halogens is 2. The second kappa shape index (κ2) is 9.95. The van der Waals surface area contributed by atoms with Crippen molar-refractivity contribution in [2.24, 2.45) is 0 Å². The summed E-state index contributed by atoms with van der Waals surface area (Å²) in [5.74, 6) is -0.159. The fraction of sp³-hybridized carbons (Fsp3) is 0.0714. The van der Waals surface area contributed by atoms with Gasteiger partial charge in [0.1, 0.15) is 40.9 Å². The second-order valence-electron chi connectivity index (χ2n) is 8.60. The molecule has 0 spiro atoms. The van der Waals surface area contributed by atoms with Gasteiger partial charge >= 0.3 is 0 Å². The Morgan fingerprint density at radius 1 is 1.13 bits per heavy atom. The number of nitrogen functional groups attached to an aromatic ring is 1. The zero-order chi connectivity index (χ0) is 27.0. The number of hydrogen-bond acceptors (Lipinski definition) is 8. The topological polar surface area (TPSA) is 138 Å². The number of phenolic OH excluding ortho intramolecular Hbond substituents is 1. The summed E-state index contributed by atoms with van der Waals surface area (Å²) in [5, 5.41) is 22.5. The van der Waals surface area contributed by atoms with Crippen molar-refractivity contribution in [3.05, 3.63) is 111 Å². The number of rotatable bonds is 6. The molecule has 0 aliphatic rings. The predicted molar refractivity (Wildman–Crippen MR) is 145 cm³/mol. The third kappa shape index (κ3) is 4.67. The summed E-state index contributed by atoms with van der Waals surface area (Å²) >= 11 is 6.07. The molecule has 1 unspecified atom stereocenters. The van der Waals surface area contributed by atoms with Gasteiger partial charge in [0.05, 0.1) is 28.3 Å². The molecule has 0 aliphatic carbocycles. The summed E-state index contributed by atoms with van der Waals surface area (Å²) in [6.07, 6.45) is 1.24. The molecule has 5 rings (SSSR count). The van der Waals surface area contributed by atoms with Gasteiger partial charge < -0.3 is 20.6 Å². The lowest BCUT2D eigenvalue weighted by Gasteiger charge is -2.20. The van der Waals surface area contributed by atoms with E-state index in [2.05, 4.69) is 15.3 Å². The number of fused-ring (bicyclic) bond motifs is 1. The number of nitrogens with two attached hydrogens (primary N) is 1. The lowest BCUT2D eigenvalue weighted by atomic mass is 9.98. The van der Waals surface area contributed by atoms with Gasteiger partial charge in [-0.25, -0.2) is 14.4 Å². The van der Waals surface area contributed by atoms with Gasteiger partial charge in [-0.1, -0.05) is 35.9 Å². The highest BCUT2D eigenvalue weighted by molar-refractivity contribution is 6.31. The van der Waals surface area contributed by atoms with E-state index in [1.54, 1.807) is 37.3 Å². The number of aromatic nitrogens is 2. The van der Waals surface area contributed by atoms with Crippen LogP contribution in [0, 0.1) is 11.2 Å². The summed E-state index contributed by atoms with van der Waals surface area (Å²) in [6, 6.07) is 16.1. The molecule has 5 aromatic rings. The molecule has 8 nitrogen and oxygen atoms in total. The molecule has 0 amide bonds. The van der Waals surface area contributed by atoms with E-state index in [9.17, 15) is 14.3 Å². The minimum atomic E-state index is -0.681. The Labute approximate surface area is 221 Å². The first-order chi connectivity index (χ1) is 18.2. The Bertz CT molecular complexity index is 1750. The van der Waals surface area contributed by atoms with Crippen LogP contribution in [-0.4, -0.2) is 20.8 Å². The molecule has 1 atom stereocenters. The Hall–Kier alpha value is -4.76. The highest BCUT2D eigenvalue weighted by Crippen LogP contribution is 2.33. The van der Waals surface area contributed by atoms with E-state index in [0.717, 1.165) is 0 Å². The molecule has 2 heterocycles. The number of aromatic hydroxyl groups is 1. The first kappa shape index (κ1) is 24.9. The molecule has 0 fully saturated rings. The van der Waals surface area contributed by atoms with Gasteiger partial charge in [0.15, 0.2) is 0 Å².